The van der Waals surface area contributed by atoms with Crippen LogP contribution >= 0.6 is 0 Å². The molecule has 0 unspecified atom stereocenters. The normalized spacial score (nSPS) is 21.1. The van der Waals surface area contributed by atoms with Gasteiger partial charge in [-0.1, -0.05) is 0 Å². The summed E-state index contributed by atoms with van der Waals surface area (Å²) in [6.07, 6.45) is 5.24. The van der Waals surface area contributed by atoms with Crippen LogP contribution < -0.4 is 5.32 Å². The summed E-state index contributed by atoms with van der Waals surface area (Å²) in [5.74, 6) is 0.260. The van der Waals surface area contributed by atoms with E-state index in [4.69, 9.17) is 0 Å². The van der Waals surface area contributed by atoms with Crippen LogP contribution in [0.4, 0.5) is 0 Å². The molecule has 0 aromatic carbocycles. The molecular formula is C16H23N3O2. The lowest BCUT2D eigenvalue weighted by Crippen LogP contribution is -2.52. The second-order valence-corrected chi connectivity index (χ2v) is 6.52. The van der Waals surface area contributed by atoms with Gasteiger partial charge in [0, 0.05) is 37.3 Å². The van der Waals surface area contributed by atoms with Crippen LogP contribution in [0.15, 0.2) is 18.3 Å². The Bertz CT molecular complexity index is 554. The summed E-state index contributed by atoms with van der Waals surface area (Å²) in [5, 5.41) is 3.11. The highest BCUT2D eigenvalue weighted by atomic mass is 16.2. The minimum absolute atomic E-state index is 0.0477. The molecule has 2 saturated heterocycles. The smallest absolute Gasteiger partial charge is 0.270 e. The lowest BCUT2D eigenvalue weighted by atomic mass is 9.86. The van der Waals surface area contributed by atoms with Crippen molar-refractivity contribution >= 4 is 11.8 Å². The number of nitrogens with zero attached hydrogens (tertiary/aromatic N) is 2. The van der Waals surface area contributed by atoms with Gasteiger partial charge in [-0.25, -0.2) is 0 Å². The number of amides is 2. The molecule has 0 atom stereocenters. The zero-order chi connectivity index (χ0) is 15.0. The van der Waals surface area contributed by atoms with Crippen LogP contribution in [0.3, 0.4) is 0 Å². The SMILES string of the molecule is CC(C)n1cccc1C(=O)N1CCC2(CCC(=O)N2)CC1. The standard InChI is InChI=1S/C16H23N3O2/c1-12(2)19-9-3-4-13(19)15(21)18-10-7-16(8-11-18)6-5-14(20)17-16/h3-4,9,12H,5-8,10-11H2,1-2H3,(H,17,20). The molecule has 2 fully saturated rings. The summed E-state index contributed by atoms with van der Waals surface area (Å²) in [7, 11) is 0. The highest BCUT2D eigenvalue weighted by Gasteiger charge is 2.41. The molecule has 2 aliphatic rings. The summed E-state index contributed by atoms with van der Waals surface area (Å²) >= 11 is 0. The first kappa shape index (κ1) is 14.2. The topological polar surface area (TPSA) is 54.3 Å². The maximum absolute atomic E-state index is 12.7. The Morgan fingerprint density at radius 3 is 2.57 bits per heavy atom. The molecule has 1 aromatic heterocycles. The molecule has 1 spiro atoms. The van der Waals surface area contributed by atoms with Crippen LogP contribution in [0.1, 0.15) is 56.1 Å². The van der Waals surface area contributed by atoms with Gasteiger partial charge in [0.2, 0.25) is 5.91 Å². The van der Waals surface area contributed by atoms with Gasteiger partial charge in [0.05, 0.1) is 0 Å². The van der Waals surface area contributed by atoms with E-state index in [-0.39, 0.29) is 23.4 Å². The maximum Gasteiger partial charge on any atom is 0.270 e. The number of nitrogens with one attached hydrogen (secondary N) is 1. The Morgan fingerprint density at radius 2 is 2.00 bits per heavy atom. The summed E-state index contributed by atoms with van der Waals surface area (Å²) in [4.78, 5) is 26.0. The molecule has 1 aromatic rings. The summed E-state index contributed by atoms with van der Waals surface area (Å²) in [6.45, 7) is 5.61. The van der Waals surface area contributed by atoms with Crippen molar-refractivity contribution < 1.29 is 9.59 Å². The zero-order valence-corrected chi connectivity index (χ0v) is 12.8. The summed E-state index contributed by atoms with van der Waals surface area (Å²) in [6, 6.07) is 4.10. The van der Waals surface area contributed by atoms with Crippen molar-refractivity contribution in [2.45, 2.75) is 51.1 Å². The molecule has 3 rings (SSSR count). The van der Waals surface area contributed by atoms with Crippen LogP contribution in [0.25, 0.3) is 0 Å². The molecule has 0 aliphatic carbocycles. The fraction of sp³-hybridized carbons (Fsp3) is 0.625. The third-order valence-corrected chi connectivity index (χ3v) is 4.80. The first-order chi connectivity index (χ1) is 10.0. The molecule has 2 aliphatic heterocycles. The first-order valence-corrected chi connectivity index (χ1v) is 7.78. The number of aromatic nitrogens is 1. The lowest BCUT2D eigenvalue weighted by molar-refractivity contribution is -0.120. The molecule has 3 heterocycles. The van der Waals surface area contributed by atoms with Gasteiger partial charge in [0.25, 0.3) is 5.91 Å². The highest BCUT2D eigenvalue weighted by molar-refractivity contribution is 5.93. The predicted octanol–water partition coefficient (Wildman–Crippen LogP) is 1.95. The van der Waals surface area contributed by atoms with Crippen molar-refractivity contribution in [3.8, 4) is 0 Å². The number of hydrogen-bond acceptors (Lipinski definition) is 2. The first-order valence-electron chi connectivity index (χ1n) is 7.78. The average Bonchev–Trinajstić information content (AvgIpc) is 3.07. The average molecular weight is 289 g/mol. The molecule has 0 radical (unpaired) electrons. The predicted molar refractivity (Wildman–Crippen MR) is 80.1 cm³/mol. The number of carbonyl (C=O) groups excluding carboxylic acids is 2. The van der Waals surface area contributed by atoms with Crippen molar-refractivity contribution in [1.82, 2.24) is 14.8 Å². The van der Waals surface area contributed by atoms with Gasteiger partial charge in [-0.15, -0.1) is 0 Å². The van der Waals surface area contributed by atoms with E-state index in [0.29, 0.717) is 6.42 Å². The van der Waals surface area contributed by atoms with Gasteiger partial charge in [-0.05, 0) is 45.2 Å². The molecular weight excluding hydrogens is 266 g/mol. The fourth-order valence-corrected chi connectivity index (χ4v) is 3.47. The quantitative estimate of drug-likeness (QED) is 0.905. The van der Waals surface area contributed by atoms with Gasteiger partial charge in [-0.2, -0.15) is 0 Å². The third-order valence-electron chi connectivity index (χ3n) is 4.80. The molecule has 0 saturated carbocycles. The Morgan fingerprint density at radius 1 is 1.29 bits per heavy atom. The van der Waals surface area contributed by atoms with E-state index in [1.54, 1.807) is 0 Å². The third kappa shape index (κ3) is 2.57. The fourth-order valence-electron chi connectivity index (χ4n) is 3.47. The number of rotatable bonds is 2. The van der Waals surface area contributed by atoms with Crippen molar-refractivity contribution in [2.75, 3.05) is 13.1 Å². The Hall–Kier alpha value is -1.78. The molecule has 1 N–H and O–H groups in total. The van der Waals surface area contributed by atoms with E-state index in [1.807, 2.05) is 27.8 Å². The number of piperidine rings is 1. The second-order valence-electron chi connectivity index (χ2n) is 6.52. The van der Waals surface area contributed by atoms with Crippen LogP contribution in [-0.4, -0.2) is 39.9 Å². The van der Waals surface area contributed by atoms with Gasteiger partial charge in [-0.3, -0.25) is 9.59 Å². The Labute approximate surface area is 125 Å². The summed E-state index contributed by atoms with van der Waals surface area (Å²) in [5.41, 5.74) is 0.713. The van der Waals surface area contributed by atoms with Crippen LogP contribution in [-0.2, 0) is 4.79 Å². The van der Waals surface area contributed by atoms with E-state index in [1.165, 1.54) is 0 Å². The van der Waals surface area contributed by atoms with Crippen LogP contribution in [0.5, 0.6) is 0 Å². The minimum atomic E-state index is -0.0477. The number of likely N-dealkylation sites (tertiary alicyclic amines) is 1. The van der Waals surface area contributed by atoms with Crippen molar-refractivity contribution in [3.05, 3.63) is 24.0 Å². The molecule has 0 bridgehead atoms. The molecule has 5 nitrogen and oxygen atoms in total. The maximum atomic E-state index is 12.7. The van der Waals surface area contributed by atoms with Crippen LogP contribution in [0.2, 0.25) is 0 Å². The van der Waals surface area contributed by atoms with Crippen molar-refractivity contribution in [2.24, 2.45) is 0 Å². The number of hydrogen-bond donors (Lipinski definition) is 1. The van der Waals surface area contributed by atoms with E-state index < -0.39 is 0 Å². The van der Waals surface area contributed by atoms with Gasteiger partial charge < -0.3 is 14.8 Å². The largest absolute Gasteiger partial charge is 0.351 e. The van der Waals surface area contributed by atoms with Crippen molar-refractivity contribution in [3.63, 3.8) is 0 Å². The summed E-state index contributed by atoms with van der Waals surface area (Å²) < 4.78 is 2.02. The highest BCUT2D eigenvalue weighted by Crippen LogP contribution is 2.31. The monoisotopic (exact) mass is 289 g/mol. The molecule has 2 amide bonds. The van der Waals surface area contributed by atoms with E-state index in [0.717, 1.165) is 38.0 Å². The molecule has 114 valence electrons. The second kappa shape index (κ2) is 5.20. The van der Waals surface area contributed by atoms with E-state index in [9.17, 15) is 9.59 Å². The molecule has 21 heavy (non-hydrogen) atoms. The zero-order valence-electron chi connectivity index (χ0n) is 12.8. The Balaban J connectivity index is 1.68. The van der Waals surface area contributed by atoms with Gasteiger partial charge in [0.15, 0.2) is 0 Å². The van der Waals surface area contributed by atoms with Gasteiger partial charge in [0.1, 0.15) is 5.69 Å². The van der Waals surface area contributed by atoms with Crippen molar-refractivity contribution in [1.29, 1.82) is 0 Å². The number of carbonyl (C=O) groups is 2. The Kier molecular flexibility index (Phi) is 3.51. The molecule has 5 heteroatoms. The minimum Gasteiger partial charge on any atom is -0.351 e. The van der Waals surface area contributed by atoms with E-state index in [2.05, 4.69) is 19.2 Å². The van der Waals surface area contributed by atoms with E-state index >= 15 is 0 Å². The lowest BCUT2D eigenvalue weighted by Gasteiger charge is -2.39. The van der Waals surface area contributed by atoms with Gasteiger partial charge >= 0.3 is 0 Å². The van der Waals surface area contributed by atoms with Crippen LogP contribution in [0, 0.1) is 0 Å².